The van der Waals surface area contributed by atoms with Gasteiger partial charge in [-0.3, -0.25) is 0 Å². The molecule has 0 saturated heterocycles. The second kappa shape index (κ2) is 5.57. The Balaban J connectivity index is 0.000001000. The van der Waals surface area contributed by atoms with Crippen molar-refractivity contribution in [2.45, 2.75) is 19.0 Å². The molecule has 0 N–H and O–H groups in total. The lowest BCUT2D eigenvalue weighted by Gasteiger charge is -2.06. The van der Waals surface area contributed by atoms with E-state index < -0.39 is 0 Å². The van der Waals surface area contributed by atoms with E-state index in [0.717, 1.165) is 0 Å². The molecule has 1 rings (SSSR count). The maximum Gasteiger partial charge on any atom is -0.00172 e. The summed E-state index contributed by atoms with van der Waals surface area (Å²) in [5.41, 5.74) is 2.04. The molecule has 0 aromatic heterocycles. The highest BCUT2D eigenvalue weighted by molar-refractivity contribution is 7.17. The minimum Gasteiger partial charge on any atom is -0.147 e. The van der Waals surface area contributed by atoms with Gasteiger partial charge in [0.15, 0.2) is 0 Å². The van der Waals surface area contributed by atoms with Crippen LogP contribution in [0.15, 0.2) is 30.3 Å². The largest absolute Gasteiger partial charge is 0.147 e. The lowest BCUT2D eigenvalue weighted by atomic mass is 10.1. The number of benzene rings is 1. The van der Waals surface area contributed by atoms with Gasteiger partial charge in [-0.25, -0.2) is 0 Å². The number of hydrogen-bond donors (Lipinski definition) is 0. The molecule has 0 heterocycles. The zero-order valence-electron chi connectivity index (χ0n) is 6.66. The zero-order chi connectivity index (χ0) is 7.40. The molecule has 0 spiro atoms. The number of hydrogen-bond acceptors (Lipinski definition) is 0. The molecule has 1 aromatic carbocycles. The Kier molecular flexibility index (Phi) is 5.54. The Hall–Kier alpha value is -0.0600. The van der Waals surface area contributed by atoms with Crippen molar-refractivity contribution >= 4 is 21.6 Å². The molecule has 0 fully saturated rings. The molecule has 0 aliphatic rings. The van der Waals surface area contributed by atoms with Gasteiger partial charge in [-0.2, -0.15) is 0 Å². The molecular weight excluding hydrogens is 175 g/mol. The highest BCUT2D eigenvalue weighted by Crippen LogP contribution is 2.25. The summed E-state index contributed by atoms with van der Waals surface area (Å²) in [6.45, 7) is 2.20. The third kappa shape index (κ3) is 3.22. The topological polar surface area (TPSA) is 0 Å². The van der Waals surface area contributed by atoms with Crippen molar-refractivity contribution in [3.63, 3.8) is 0 Å². The molecule has 0 nitrogen and oxygen atoms in total. The van der Waals surface area contributed by atoms with Gasteiger partial charge in [0.2, 0.25) is 0 Å². The SMILES string of the molecule is CCC(P)c1ccccc1.Cl. The third-order valence-corrected chi connectivity index (χ3v) is 2.52. The summed E-state index contributed by atoms with van der Waals surface area (Å²) in [5.74, 6) is 0. The van der Waals surface area contributed by atoms with Crippen LogP contribution in [-0.4, -0.2) is 0 Å². The molecule has 0 aliphatic carbocycles. The highest BCUT2D eigenvalue weighted by Gasteiger charge is 1.99. The standard InChI is InChI=1S/C9H13P.ClH/c1-2-9(10)8-6-4-3-5-7-8;/h3-7,9H,2,10H2,1H3;1H. The summed E-state index contributed by atoms with van der Waals surface area (Å²) >= 11 is 0. The van der Waals surface area contributed by atoms with Crippen LogP contribution in [0, 0.1) is 0 Å². The van der Waals surface area contributed by atoms with Crippen molar-refractivity contribution in [2.24, 2.45) is 0 Å². The van der Waals surface area contributed by atoms with Gasteiger partial charge in [-0.15, -0.1) is 21.6 Å². The van der Waals surface area contributed by atoms with E-state index in [1.807, 2.05) is 0 Å². The quantitative estimate of drug-likeness (QED) is 0.624. The fourth-order valence-electron chi connectivity index (χ4n) is 0.936. The normalized spacial score (nSPS) is 11.8. The molecule has 0 saturated carbocycles. The van der Waals surface area contributed by atoms with E-state index >= 15 is 0 Å². The maximum atomic E-state index is 2.85. The van der Waals surface area contributed by atoms with Gasteiger partial charge in [0.25, 0.3) is 0 Å². The van der Waals surface area contributed by atoms with E-state index in [-0.39, 0.29) is 12.4 Å². The van der Waals surface area contributed by atoms with Crippen LogP contribution in [0.4, 0.5) is 0 Å². The average Bonchev–Trinajstić information content (AvgIpc) is 2.05. The first-order chi connectivity index (χ1) is 4.84. The van der Waals surface area contributed by atoms with Crippen molar-refractivity contribution in [2.75, 3.05) is 0 Å². The summed E-state index contributed by atoms with van der Waals surface area (Å²) in [6.07, 6.45) is 1.19. The zero-order valence-corrected chi connectivity index (χ0v) is 8.63. The molecule has 62 valence electrons. The fraction of sp³-hybridized carbons (Fsp3) is 0.333. The van der Waals surface area contributed by atoms with Crippen LogP contribution in [0.25, 0.3) is 0 Å². The Bertz CT molecular complexity index is 186. The van der Waals surface area contributed by atoms with E-state index in [2.05, 4.69) is 46.5 Å². The number of rotatable bonds is 2. The van der Waals surface area contributed by atoms with Gasteiger partial charge in [0.1, 0.15) is 0 Å². The van der Waals surface area contributed by atoms with E-state index in [4.69, 9.17) is 0 Å². The predicted molar refractivity (Wildman–Crippen MR) is 56.4 cm³/mol. The molecule has 2 atom stereocenters. The Labute approximate surface area is 77.0 Å². The average molecular weight is 189 g/mol. The molecule has 0 radical (unpaired) electrons. The van der Waals surface area contributed by atoms with Crippen LogP contribution in [0.3, 0.4) is 0 Å². The molecule has 0 aliphatic heterocycles. The van der Waals surface area contributed by atoms with Crippen molar-refractivity contribution in [3.05, 3.63) is 35.9 Å². The lowest BCUT2D eigenvalue weighted by Crippen LogP contribution is -1.84. The predicted octanol–water partition coefficient (Wildman–Crippen LogP) is 3.43. The van der Waals surface area contributed by atoms with Crippen LogP contribution >= 0.6 is 21.6 Å². The van der Waals surface area contributed by atoms with Gasteiger partial charge in [0, 0.05) is 0 Å². The van der Waals surface area contributed by atoms with Crippen molar-refractivity contribution in [3.8, 4) is 0 Å². The Morgan fingerprint density at radius 2 is 1.82 bits per heavy atom. The summed E-state index contributed by atoms with van der Waals surface area (Å²) in [6, 6.07) is 10.6. The van der Waals surface area contributed by atoms with Gasteiger partial charge in [-0.1, -0.05) is 37.3 Å². The summed E-state index contributed by atoms with van der Waals surface area (Å²) in [7, 11) is 2.85. The number of halogens is 1. The van der Waals surface area contributed by atoms with E-state index in [1.165, 1.54) is 12.0 Å². The van der Waals surface area contributed by atoms with E-state index in [0.29, 0.717) is 5.66 Å². The van der Waals surface area contributed by atoms with E-state index in [9.17, 15) is 0 Å². The monoisotopic (exact) mass is 188 g/mol. The molecule has 0 bridgehead atoms. The van der Waals surface area contributed by atoms with Crippen LogP contribution in [0.2, 0.25) is 0 Å². The molecule has 2 unspecified atom stereocenters. The van der Waals surface area contributed by atoms with Crippen LogP contribution in [-0.2, 0) is 0 Å². The molecule has 2 heteroatoms. The van der Waals surface area contributed by atoms with Crippen molar-refractivity contribution in [1.82, 2.24) is 0 Å². The summed E-state index contributed by atoms with van der Waals surface area (Å²) in [4.78, 5) is 0. The summed E-state index contributed by atoms with van der Waals surface area (Å²) in [5, 5.41) is 0. The van der Waals surface area contributed by atoms with Crippen LogP contribution in [0.5, 0.6) is 0 Å². The van der Waals surface area contributed by atoms with Crippen LogP contribution in [0.1, 0.15) is 24.6 Å². The second-order valence-corrected chi connectivity index (χ2v) is 3.23. The minimum atomic E-state index is 0. The van der Waals surface area contributed by atoms with E-state index in [1.54, 1.807) is 0 Å². The Morgan fingerprint density at radius 3 is 2.27 bits per heavy atom. The first kappa shape index (κ1) is 10.9. The van der Waals surface area contributed by atoms with Gasteiger partial charge < -0.3 is 0 Å². The molecule has 1 aromatic rings. The first-order valence-electron chi connectivity index (χ1n) is 3.65. The lowest BCUT2D eigenvalue weighted by molar-refractivity contribution is 0.897. The van der Waals surface area contributed by atoms with Gasteiger partial charge in [0.05, 0.1) is 0 Å². The van der Waals surface area contributed by atoms with Gasteiger partial charge >= 0.3 is 0 Å². The first-order valence-corrected chi connectivity index (χ1v) is 4.31. The molecular formula is C9H14ClP. The maximum absolute atomic E-state index is 2.85. The van der Waals surface area contributed by atoms with Gasteiger partial charge in [-0.05, 0) is 17.6 Å². The third-order valence-electron chi connectivity index (χ3n) is 1.67. The van der Waals surface area contributed by atoms with Crippen LogP contribution < -0.4 is 0 Å². The molecule has 11 heavy (non-hydrogen) atoms. The molecule has 0 amide bonds. The smallest absolute Gasteiger partial charge is 0.00172 e. The highest BCUT2D eigenvalue weighted by atomic mass is 35.5. The fourth-order valence-corrected chi connectivity index (χ4v) is 1.16. The van der Waals surface area contributed by atoms with Crippen molar-refractivity contribution in [1.29, 1.82) is 0 Å². The Morgan fingerprint density at radius 1 is 1.27 bits per heavy atom. The minimum absolute atomic E-state index is 0. The van der Waals surface area contributed by atoms with Crippen molar-refractivity contribution < 1.29 is 0 Å². The second-order valence-electron chi connectivity index (χ2n) is 2.43. The summed E-state index contributed by atoms with van der Waals surface area (Å²) < 4.78 is 0.